The number of carbonyl (C=O) groups is 1. The maximum Gasteiger partial charge on any atom is 0.225 e. The lowest BCUT2D eigenvalue weighted by Crippen LogP contribution is -2.51. The van der Waals surface area contributed by atoms with Crippen LogP contribution in [-0.4, -0.2) is 79.9 Å². The van der Waals surface area contributed by atoms with E-state index in [1.807, 2.05) is 4.90 Å². The summed E-state index contributed by atoms with van der Waals surface area (Å²) in [6.45, 7) is 3.05. The molecule has 0 aromatic carbocycles. The van der Waals surface area contributed by atoms with Crippen LogP contribution < -0.4 is 0 Å². The molecule has 1 N–H and O–H groups in total. The van der Waals surface area contributed by atoms with Gasteiger partial charge in [0, 0.05) is 31.6 Å². The predicted molar refractivity (Wildman–Crippen MR) is 88.9 cm³/mol. The monoisotopic (exact) mass is 360 g/mol. The number of ether oxygens (including phenoxy) is 1. The van der Waals surface area contributed by atoms with Gasteiger partial charge in [-0.15, -0.1) is 0 Å². The summed E-state index contributed by atoms with van der Waals surface area (Å²) in [5.41, 5.74) is -0.992. The first-order chi connectivity index (χ1) is 11.2. The lowest BCUT2D eigenvalue weighted by molar-refractivity contribution is -0.143. The standard InChI is InChI=1S/C16H28N2O5S/c1-24(21,22)18-9-10-23-13-15(12-18)5-7-17(8-6-15)14(19)11-16(20)3-2-4-16/h20H,2-13H2,1H3. The number of amides is 1. The second kappa shape index (κ2) is 6.55. The summed E-state index contributed by atoms with van der Waals surface area (Å²) in [7, 11) is -3.23. The van der Waals surface area contributed by atoms with Gasteiger partial charge in [-0.2, -0.15) is 4.31 Å². The van der Waals surface area contributed by atoms with Crippen molar-refractivity contribution >= 4 is 15.9 Å². The van der Waals surface area contributed by atoms with Gasteiger partial charge in [0.1, 0.15) is 0 Å². The first-order valence-corrected chi connectivity index (χ1v) is 10.6. The molecule has 1 amide bonds. The van der Waals surface area contributed by atoms with Crippen molar-refractivity contribution in [3.63, 3.8) is 0 Å². The van der Waals surface area contributed by atoms with Gasteiger partial charge >= 0.3 is 0 Å². The number of piperidine rings is 1. The van der Waals surface area contributed by atoms with Crippen LogP contribution in [0.3, 0.4) is 0 Å². The number of sulfonamides is 1. The van der Waals surface area contributed by atoms with E-state index in [1.165, 1.54) is 10.6 Å². The minimum absolute atomic E-state index is 0.0153. The fourth-order valence-electron chi connectivity index (χ4n) is 3.92. The molecule has 7 nitrogen and oxygen atoms in total. The van der Waals surface area contributed by atoms with E-state index in [0.29, 0.717) is 52.2 Å². The molecule has 8 heteroatoms. The average Bonchev–Trinajstić information content (AvgIpc) is 2.69. The molecule has 0 radical (unpaired) electrons. The van der Waals surface area contributed by atoms with E-state index >= 15 is 0 Å². The van der Waals surface area contributed by atoms with E-state index in [0.717, 1.165) is 19.3 Å². The molecule has 2 saturated heterocycles. The van der Waals surface area contributed by atoms with Crippen molar-refractivity contribution in [1.82, 2.24) is 9.21 Å². The third kappa shape index (κ3) is 3.92. The third-order valence-corrected chi connectivity index (χ3v) is 7.07. The Kier molecular flexibility index (Phi) is 4.94. The van der Waals surface area contributed by atoms with E-state index in [1.54, 1.807) is 0 Å². The van der Waals surface area contributed by atoms with Gasteiger partial charge < -0.3 is 14.7 Å². The maximum absolute atomic E-state index is 12.4. The van der Waals surface area contributed by atoms with Gasteiger partial charge in [-0.05, 0) is 32.1 Å². The molecule has 0 aromatic rings. The molecule has 0 unspecified atom stereocenters. The predicted octanol–water partition coefficient (Wildman–Crippen LogP) is 0.192. The fraction of sp³-hybridized carbons (Fsp3) is 0.938. The van der Waals surface area contributed by atoms with Crippen molar-refractivity contribution in [3.8, 4) is 0 Å². The quantitative estimate of drug-likeness (QED) is 0.776. The molecule has 2 aliphatic heterocycles. The Balaban J connectivity index is 1.59. The van der Waals surface area contributed by atoms with Gasteiger partial charge in [0.25, 0.3) is 0 Å². The van der Waals surface area contributed by atoms with Crippen molar-refractivity contribution in [2.45, 2.75) is 44.1 Å². The first kappa shape index (κ1) is 18.1. The summed E-state index contributed by atoms with van der Waals surface area (Å²) in [4.78, 5) is 14.2. The van der Waals surface area contributed by atoms with E-state index < -0.39 is 15.6 Å². The molecule has 3 rings (SSSR count). The van der Waals surface area contributed by atoms with Crippen LogP contribution in [0.1, 0.15) is 38.5 Å². The Morgan fingerprint density at radius 3 is 2.38 bits per heavy atom. The first-order valence-electron chi connectivity index (χ1n) is 8.75. The Morgan fingerprint density at radius 1 is 1.17 bits per heavy atom. The van der Waals surface area contributed by atoms with Crippen LogP contribution in [0.4, 0.5) is 0 Å². The second-order valence-electron chi connectivity index (χ2n) is 7.78. The number of hydrogen-bond acceptors (Lipinski definition) is 5. The summed E-state index contributed by atoms with van der Waals surface area (Å²) in [5.74, 6) is 0.0153. The fourth-order valence-corrected chi connectivity index (χ4v) is 4.84. The molecule has 3 aliphatic rings. The van der Waals surface area contributed by atoms with Crippen LogP contribution in [0.2, 0.25) is 0 Å². The summed E-state index contributed by atoms with van der Waals surface area (Å²) >= 11 is 0. The van der Waals surface area contributed by atoms with Gasteiger partial charge in [0.15, 0.2) is 0 Å². The molecule has 1 aliphatic carbocycles. The van der Waals surface area contributed by atoms with Crippen LogP contribution in [0, 0.1) is 5.41 Å². The maximum atomic E-state index is 12.4. The summed E-state index contributed by atoms with van der Waals surface area (Å²) in [6.07, 6.45) is 5.36. The molecule has 0 atom stereocenters. The molecule has 1 spiro atoms. The largest absolute Gasteiger partial charge is 0.389 e. The van der Waals surface area contributed by atoms with Gasteiger partial charge in [-0.1, -0.05) is 0 Å². The number of rotatable bonds is 3. The lowest BCUT2D eigenvalue weighted by Gasteiger charge is -2.43. The van der Waals surface area contributed by atoms with Crippen molar-refractivity contribution in [3.05, 3.63) is 0 Å². The molecular formula is C16H28N2O5S. The topological polar surface area (TPSA) is 87.2 Å². The minimum Gasteiger partial charge on any atom is -0.389 e. The summed E-state index contributed by atoms with van der Waals surface area (Å²) in [5, 5.41) is 10.2. The molecule has 0 bridgehead atoms. The zero-order chi connectivity index (χ0) is 17.4. The van der Waals surface area contributed by atoms with Gasteiger partial charge in [-0.25, -0.2) is 8.42 Å². The van der Waals surface area contributed by atoms with E-state index in [-0.39, 0.29) is 17.7 Å². The molecule has 1 saturated carbocycles. The van der Waals surface area contributed by atoms with Crippen molar-refractivity contribution < 1.29 is 23.1 Å². The second-order valence-corrected chi connectivity index (χ2v) is 9.77. The van der Waals surface area contributed by atoms with Crippen LogP contribution in [0.15, 0.2) is 0 Å². The number of hydrogen-bond donors (Lipinski definition) is 1. The van der Waals surface area contributed by atoms with Crippen molar-refractivity contribution in [2.75, 3.05) is 45.6 Å². The van der Waals surface area contributed by atoms with E-state index in [9.17, 15) is 18.3 Å². The highest BCUT2D eigenvalue weighted by molar-refractivity contribution is 7.88. The van der Waals surface area contributed by atoms with Crippen LogP contribution in [-0.2, 0) is 19.6 Å². The highest BCUT2D eigenvalue weighted by atomic mass is 32.2. The van der Waals surface area contributed by atoms with E-state index in [4.69, 9.17) is 4.74 Å². The highest BCUT2D eigenvalue weighted by Gasteiger charge is 2.43. The Hall–Kier alpha value is -0.700. The number of likely N-dealkylation sites (tertiary alicyclic amines) is 1. The van der Waals surface area contributed by atoms with Gasteiger partial charge in [-0.3, -0.25) is 4.79 Å². The molecule has 138 valence electrons. The molecular weight excluding hydrogens is 332 g/mol. The lowest BCUT2D eigenvalue weighted by atomic mass is 9.76. The van der Waals surface area contributed by atoms with Gasteiger partial charge in [0.05, 0.1) is 31.5 Å². The van der Waals surface area contributed by atoms with Crippen molar-refractivity contribution in [2.24, 2.45) is 5.41 Å². The smallest absolute Gasteiger partial charge is 0.225 e. The Morgan fingerprint density at radius 2 is 1.83 bits per heavy atom. The van der Waals surface area contributed by atoms with E-state index in [2.05, 4.69) is 0 Å². The Bertz CT molecular complexity index is 579. The minimum atomic E-state index is -3.23. The summed E-state index contributed by atoms with van der Waals surface area (Å²) in [6, 6.07) is 0. The van der Waals surface area contributed by atoms with Crippen LogP contribution >= 0.6 is 0 Å². The highest BCUT2D eigenvalue weighted by Crippen LogP contribution is 2.38. The number of carbonyl (C=O) groups excluding carboxylic acids is 1. The average molecular weight is 360 g/mol. The SMILES string of the molecule is CS(=O)(=O)N1CCOCC2(CCN(C(=O)CC3(O)CCC3)CC2)C1. The molecule has 24 heavy (non-hydrogen) atoms. The van der Waals surface area contributed by atoms with Crippen LogP contribution in [0.5, 0.6) is 0 Å². The molecule has 3 fully saturated rings. The summed E-state index contributed by atoms with van der Waals surface area (Å²) < 4.78 is 31.0. The zero-order valence-corrected chi connectivity index (χ0v) is 15.2. The zero-order valence-electron chi connectivity index (χ0n) is 14.4. The Labute approximate surface area is 144 Å². The van der Waals surface area contributed by atoms with Crippen LogP contribution in [0.25, 0.3) is 0 Å². The molecule has 2 heterocycles. The molecule has 0 aromatic heterocycles. The normalized spacial score (nSPS) is 27.5. The third-order valence-electron chi connectivity index (χ3n) is 5.82. The van der Waals surface area contributed by atoms with Crippen molar-refractivity contribution in [1.29, 1.82) is 0 Å². The number of aliphatic hydroxyl groups is 1. The van der Waals surface area contributed by atoms with Gasteiger partial charge in [0.2, 0.25) is 15.9 Å². The number of nitrogens with zero attached hydrogens (tertiary/aromatic N) is 2.